The van der Waals surface area contributed by atoms with Gasteiger partial charge in [-0.2, -0.15) is 0 Å². The van der Waals surface area contributed by atoms with Crippen LogP contribution in [0.5, 0.6) is 0 Å². The van der Waals surface area contributed by atoms with Gasteiger partial charge in [-0.1, -0.05) is 54.8 Å². The van der Waals surface area contributed by atoms with E-state index in [1.165, 1.54) is 24.8 Å². The maximum atomic E-state index is 6.05. The summed E-state index contributed by atoms with van der Waals surface area (Å²) in [6, 6.07) is 8.50. The van der Waals surface area contributed by atoms with Crippen LogP contribution >= 0.6 is 27.5 Å². The molecule has 0 nitrogen and oxygen atoms in total. The van der Waals surface area contributed by atoms with Crippen molar-refractivity contribution in [2.24, 2.45) is 5.92 Å². The maximum Gasteiger partial charge on any atom is 0.0292 e. The average molecular weight is 304 g/mol. The van der Waals surface area contributed by atoms with Crippen molar-refractivity contribution in [2.75, 3.05) is 5.88 Å². The minimum atomic E-state index is 0.498. The Morgan fingerprint density at radius 3 is 2.56 bits per heavy atom. The van der Waals surface area contributed by atoms with E-state index in [0.29, 0.717) is 11.8 Å². The third-order valence-electron chi connectivity index (χ3n) is 2.84. The highest BCUT2D eigenvalue weighted by Gasteiger charge is 2.10. The highest BCUT2D eigenvalue weighted by Crippen LogP contribution is 2.26. The minimum Gasteiger partial charge on any atom is -0.126 e. The molecule has 90 valence electrons. The monoisotopic (exact) mass is 302 g/mol. The van der Waals surface area contributed by atoms with Crippen molar-refractivity contribution in [1.82, 2.24) is 0 Å². The summed E-state index contributed by atoms with van der Waals surface area (Å²) in [5.74, 6) is 2.01. The van der Waals surface area contributed by atoms with Gasteiger partial charge in [-0.05, 0) is 36.0 Å². The molecule has 1 aromatic rings. The Hall–Kier alpha value is -0.0100. The summed E-state index contributed by atoms with van der Waals surface area (Å²) < 4.78 is 1.14. The number of hydrogen-bond donors (Lipinski definition) is 0. The first-order chi connectivity index (χ1) is 7.63. The Kier molecular flexibility index (Phi) is 6.45. The van der Waals surface area contributed by atoms with Gasteiger partial charge in [0.25, 0.3) is 0 Å². The Balaban J connectivity index is 2.53. The first-order valence-corrected chi connectivity index (χ1v) is 7.27. The first kappa shape index (κ1) is 14.1. The molecular weight excluding hydrogens is 284 g/mol. The van der Waals surface area contributed by atoms with E-state index in [2.05, 4.69) is 54.0 Å². The van der Waals surface area contributed by atoms with Crippen LogP contribution in [0.1, 0.15) is 44.6 Å². The van der Waals surface area contributed by atoms with Crippen molar-refractivity contribution in [1.29, 1.82) is 0 Å². The number of benzene rings is 1. The van der Waals surface area contributed by atoms with Gasteiger partial charge in [0.1, 0.15) is 0 Å². The summed E-state index contributed by atoms with van der Waals surface area (Å²) in [6.45, 7) is 4.55. The molecule has 2 heteroatoms. The van der Waals surface area contributed by atoms with E-state index in [-0.39, 0.29) is 0 Å². The summed E-state index contributed by atoms with van der Waals surface area (Å²) >= 11 is 9.56. The van der Waals surface area contributed by atoms with Crippen molar-refractivity contribution >= 4 is 27.5 Å². The van der Waals surface area contributed by atoms with E-state index < -0.39 is 0 Å². The third-order valence-corrected chi connectivity index (χ3v) is 3.71. The number of rotatable bonds is 6. The molecule has 0 fully saturated rings. The fourth-order valence-electron chi connectivity index (χ4n) is 1.87. The largest absolute Gasteiger partial charge is 0.126 e. The molecule has 0 aliphatic heterocycles. The van der Waals surface area contributed by atoms with Crippen LogP contribution in [0.3, 0.4) is 0 Å². The van der Waals surface area contributed by atoms with Gasteiger partial charge in [-0.15, -0.1) is 11.6 Å². The summed E-state index contributed by atoms with van der Waals surface area (Å²) in [6.07, 6.45) is 3.75. The lowest BCUT2D eigenvalue weighted by Gasteiger charge is -2.15. The highest BCUT2D eigenvalue weighted by molar-refractivity contribution is 9.10. The van der Waals surface area contributed by atoms with Crippen LogP contribution in [0, 0.1) is 5.92 Å². The second-order valence-electron chi connectivity index (χ2n) is 4.73. The minimum absolute atomic E-state index is 0.498. The quantitative estimate of drug-likeness (QED) is 0.600. The first-order valence-electron chi connectivity index (χ1n) is 5.95. The van der Waals surface area contributed by atoms with Crippen LogP contribution in [0.25, 0.3) is 0 Å². The molecule has 1 aromatic carbocycles. The van der Waals surface area contributed by atoms with E-state index in [0.717, 1.165) is 10.4 Å². The van der Waals surface area contributed by atoms with Crippen molar-refractivity contribution in [3.8, 4) is 0 Å². The zero-order valence-electron chi connectivity index (χ0n) is 10.0. The van der Waals surface area contributed by atoms with Crippen LogP contribution in [0.4, 0.5) is 0 Å². The number of hydrogen-bond acceptors (Lipinski definition) is 0. The van der Waals surface area contributed by atoms with Gasteiger partial charge in [0.15, 0.2) is 0 Å². The van der Waals surface area contributed by atoms with Crippen LogP contribution in [-0.2, 0) is 0 Å². The lowest BCUT2D eigenvalue weighted by molar-refractivity contribution is 0.514. The van der Waals surface area contributed by atoms with Gasteiger partial charge in [0.05, 0.1) is 0 Å². The molecular formula is C14H20BrCl. The topological polar surface area (TPSA) is 0 Å². The Bertz CT molecular complexity index is 309. The van der Waals surface area contributed by atoms with Crippen LogP contribution in [0.2, 0.25) is 0 Å². The van der Waals surface area contributed by atoms with E-state index in [9.17, 15) is 0 Å². The van der Waals surface area contributed by atoms with Gasteiger partial charge in [-0.25, -0.2) is 0 Å². The predicted octanol–water partition coefficient (Wildman–Crippen LogP) is 5.60. The molecule has 0 aromatic heterocycles. The molecule has 0 aliphatic carbocycles. The SMILES string of the molecule is CC(C)CCCC(CCl)c1cccc(Br)c1. The zero-order valence-corrected chi connectivity index (χ0v) is 12.4. The standard InChI is InChI=1S/C14H20BrCl/c1-11(2)5-3-7-13(10-16)12-6-4-8-14(15)9-12/h4,6,8-9,11,13H,3,5,7,10H2,1-2H3. The molecule has 0 saturated carbocycles. The molecule has 0 aliphatic rings. The fraction of sp³-hybridized carbons (Fsp3) is 0.571. The van der Waals surface area contributed by atoms with Crippen molar-refractivity contribution in [3.63, 3.8) is 0 Å². The molecule has 0 heterocycles. The predicted molar refractivity (Wildman–Crippen MR) is 76.3 cm³/mol. The van der Waals surface area contributed by atoms with Crippen LogP contribution < -0.4 is 0 Å². The Morgan fingerprint density at radius 2 is 2.00 bits per heavy atom. The fourth-order valence-corrected chi connectivity index (χ4v) is 2.62. The smallest absolute Gasteiger partial charge is 0.0292 e. The molecule has 0 spiro atoms. The Labute approximate surface area is 113 Å². The Morgan fingerprint density at radius 1 is 1.25 bits per heavy atom. The molecule has 0 amide bonds. The maximum absolute atomic E-state index is 6.05. The molecule has 1 unspecified atom stereocenters. The van der Waals surface area contributed by atoms with Crippen LogP contribution in [-0.4, -0.2) is 5.88 Å². The molecule has 0 radical (unpaired) electrons. The lowest BCUT2D eigenvalue weighted by Crippen LogP contribution is -2.01. The van der Waals surface area contributed by atoms with E-state index in [4.69, 9.17) is 11.6 Å². The second kappa shape index (κ2) is 7.34. The van der Waals surface area contributed by atoms with Crippen LogP contribution in [0.15, 0.2) is 28.7 Å². The van der Waals surface area contributed by atoms with E-state index >= 15 is 0 Å². The average Bonchev–Trinajstić information content (AvgIpc) is 2.24. The molecule has 16 heavy (non-hydrogen) atoms. The van der Waals surface area contributed by atoms with Crippen molar-refractivity contribution in [3.05, 3.63) is 34.3 Å². The highest BCUT2D eigenvalue weighted by atomic mass is 79.9. The number of alkyl halides is 1. The summed E-state index contributed by atoms with van der Waals surface area (Å²) in [7, 11) is 0. The van der Waals surface area contributed by atoms with Gasteiger partial charge in [-0.3, -0.25) is 0 Å². The van der Waals surface area contributed by atoms with Crippen molar-refractivity contribution < 1.29 is 0 Å². The van der Waals surface area contributed by atoms with Gasteiger partial charge >= 0.3 is 0 Å². The van der Waals surface area contributed by atoms with Gasteiger partial charge < -0.3 is 0 Å². The summed E-state index contributed by atoms with van der Waals surface area (Å²) in [5.41, 5.74) is 1.35. The zero-order chi connectivity index (χ0) is 12.0. The third kappa shape index (κ3) is 4.88. The molecule has 0 N–H and O–H groups in total. The second-order valence-corrected chi connectivity index (χ2v) is 5.96. The molecule has 0 saturated heterocycles. The number of halogens is 2. The van der Waals surface area contributed by atoms with Crippen molar-refractivity contribution in [2.45, 2.75) is 39.0 Å². The van der Waals surface area contributed by atoms with E-state index in [1.807, 2.05) is 0 Å². The normalized spacial score (nSPS) is 13.1. The molecule has 1 atom stereocenters. The summed E-state index contributed by atoms with van der Waals surface area (Å²) in [4.78, 5) is 0. The summed E-state index contributed by atoms with van der Waals surface area (Å²) in [5, 5.41) is 0. The molecule has 1 rings (SSSR count). The lowest BCUT2D eigenvalue weighted by atomic mass is 9.93. The molecule has 0 bridgehead atoms. The van der Waals surface area contributed by atoms with E-state index in [1.54, 1.807) is 0 Å². The van der Waals surface area contributed by atoms with Gasteiger partial charge in [0, 0.05) is 10.4 Å². The van der Waals surface area contributed by atoms with Gasteiger partial charge in [0.2, 0.25) is 0 Å².